The fraction of sp³-hybridized carbons (Fsp3) is 0.909. The Hall–Kier alpha value is -0.410. The number of carbonyl (C=O) groups is 1. The van der Waals surface area contributed by atoms with E-state index < -0.39 is 0 Å². The molecule has 86 valence electrons. The van der Waals surface area contributed by atoms with Crippen LogP contribution in [0.3, 0.4) is 0 Å². The lowest BCUT2D eigenvalue weighted by Gasteiger charge is -2.30. The third kappa shape index (κ3) is 6.11. The molecule has 0 bridgehead atoms. The Kier molecular flexibility index (Phi) is 12.2. The zero-order chi connectivity index (χ0) is 11.6. The maximum Gasteiger partial charge on any atom is 0.148 e. The van der Waals surface area contributed by atoms with Crippen LogP contribution in [0.25, 0.3) is 0 Å². The predicted octanol–water partition coefficient (Wildman–Crippen LogP) is 1.53. The van der Waals surface area contributed by atoms with Gasteiger partial charge in [0.25, 0.3) is 0 Å². The van der Waals surface area contributed by atoms with Crippen LogP contribution in [0.15, 0.2) is 0 Å². The minimum atomic E-state index is 0.105. The number of ketones is 1. The molecule has 0 radical (unpaired) electrons. The molecule has 14 heavy (non-hydrogen) atoms. The highest BCUT2D eigenvalue weighted by molar-refractivity contribution is 5.81. The molecule has 1 aliphatic heterocycles. The summed E-state index contributed by atoms with van der Waals surface area (Å²) >= 11 is 0. The van der Waals surface area contributed by atoms with Gasteiger partial charge in [-0.1, -0.05) is 27.7 Å². The first kappa shape index (κ1) is 16.0. The number of Topliss-reactive ketones (excluding diaryl/α,β-unsaturated/α-hetero) is 1. The van der Waals surface area contributed by atoms with E-state index in [0.29, 0.717) is 0 Å². The van der Waals surface area contributed by atoms with E-state index in [9.17, 15) is 4.79 Å². The highest BCUT2D eigenvalue weighted by Crippen LogP contribution is 1.99. The number of hydrogen-bond donors (Lipinski definition) is 1. The molecule has 1 fully saturated rings. The molecule has 0 aromatic rings. The largest absolute Gasteiger partial charge is 0.313 e. The van der Waals surface area contributed by atoms with Gasteiger partial charge in [-0.05, 0) is 14.0 Å². The van der Waals surface area contributed by atoms with E-state index in [2.05, 4.69) is 10.2 Å². The number of hydrogen-bond acceptors (Lipinski definition) is 3. The molecule has 1 unspecified atom stereocenters. The second kappa shape index (κ2) is 10.7. The van der Waals surface area contributed by atoms with Crippen LogP contribution in [-0.2, 0) is 4.79 Å². The van der Waals surface area contributed by atoms with Crippen molar-refractivity contribution in [2.45, 2.75) is 40.7 Å². The third-order valence-corrected chi connectivity index (χ3v) is 1.98. The number of likely N-dealkylation sites (N-methyl/N-ethyl adjacent to an activating group) is 1. The Morgan fingerprint density at radius 2 is 1.79 bits per heavy atom. The minimum absolute atomic E-state index is 0.105. The Morgan fingerprint density at radius 3 is 2.07 bits per heavy atom. The first-order valence-electron chi connectivity index (χ1n) is 5.63. The molecule has 0 spiro atoms. The first-order valence-corrected chi connectivity index (χ1v) is 5.63. The average Bonchev–Trinajstić information content (AvgIpc) is 2.24. The molecule has 0 aromatic carbocycles. The zero-order valence-corrected chi connectivity index (χ0v) is 10.6. The summed E-state index contributed by atoms with van der Waals surface area (Å²) in [4.78, 5) is 13.0. The molecule has 0 aromatic heterocycles. The van der Waals surface area contributed by atoms with Crippen LogP contribution in [0, 0.1) is 0 Å². The molecular formula is C11H26N2O. The second-order valence-electron chi connectivity index (χ2n) is 2.81. The molecule has 0 aliphatic carbocycles. The molecule has 3 heteroatoms. The normalized spacial score (nSPS) is 21.1. The van der Waals surface area contributed by atoms with Gasteiger partial charge in [0.05, 0.1) is 6.04 Å². The van der Waals surface area contributed by atoms with Gasteiger partial charge in [0.15, 0.2) is 0 Å². The van der Waals surface area contributed by atoms with E-state index >= 15 is 0 Å². The van der Waals surface area contributed by atoms with E-state index in [-0.39, 0.29) is 11.8 Å². The van der Waals surface area contributed by atoms with E-state index in [1.807, 2.05) is 34.7 Å². The van der Waals surface area contributed by atoms with Crippen molar-refractivity contribution in [3.05, 3.63) is 0 Å². The van der Waals surface area contributed by atoms with Crippen molar-refractivity contribution in [1.82, 2.24) is 10.2 Å². The van der Waals surface area contributed by atoms with Gasteiger partial charge in [-0.15, -0.1) is 0 Å². The van der Waals surface area contributed by atoms with Gasteiger partial charge >= 0.3 is 0 Å². The number of rotatable bonds is 1. The molecule has 1 rings (SSSR count). The standard InChI is InChI=1S/C7H14N2O.2C2H6/c1-6(10)7-5-8-3-4-9(7)2;2*1-2/h7-8H,3-5H2,1-2H3;2*1-2H3. The molecule has 1 aliphatic rings. The van der Waals surface area contributed by atoms with Gasteiger partial charge in [-0.25, -0.2) is 0 Å². The van der Waals surface area contributed by atoms with Gasteiger partial charge < -0.3 is 5.32 Å². The molecule has 1 saturated heterocycles. The molecule has 0 saturated carbocycles. The lowest BCUT2D eigenvalue weighted by molar-refractivity contribution is -0.122. The van der Waals surface area contributed by atoms with Crippen LogP contribution in [0.5, 0.6) is 0 Å². The van der Waals surface area contributed by atoms with E-state index in [4.69, 9.17) is 0 Å². The number of piperazine rings is 1. The monoisotopic (exact) mass is 202 g/mol. The first-order chi connectivity index (χ1) is 6.72. The maximum atomic E-state index is 10.9. The average molecular weight is 202 g/mol. The van der Waals surface area contributed by atoms with Crippen LogP contribution < -0.4 is 5.32 Å². The van der Waals surface area contributed by atoms with Crippen molar-refractivity contribution < 1.29 is 4.79 Å². The minimum Gasteiger partial charge on any atom is -0.313 e. The fourth-order valence-corrected chi connectivity index (χ4v) is 1.26. The van der Waals surface area contributed by atoms with Crippen molar-refractivity contribution in [2.24, 2.45) is 0 Å². The molecular weight excluding hydrogens is 176 g/mol. The number of carbonyl (C=O) groups excluding carboxylic acids is 1. The van der Waals surface area contributed by atoms with Crippen LogP contribution in [0.4, 0.5) is 0 Å². The summed E-state index contributed by atoms with van der Waals surface area (Å²) in [6.45, 7) is 12.4. The Morgan fingerprint density at radius 1 is 1.29 bits per heavy atom. The molecule has 1 N–H and O–H groups in total. The van der Waals surface area contributed by atoms with E-state index in [1.165, 1.54) is 0 Å². The van der Waals surface area contributed by atoms with E-state index in [1.54, 1.807) is 6.92 Å². The zero-order valence-electron chi connectivity index (χ0n) is 10.6. The summed E-state index contributed by atoms with van der Waals surface area (Å²) < 4.78 is 0. The summed E-state index contributed by atoms with van der Waals surface area (Å²) in [6, 6.07) is 0.105. The Labute approximate surface area is 88.9 Å². The number of nitrogens with one attached hydrogen (secondary N) is 1. The molecule has 3 nitrogen and oxygen atoms in total. The van der Waals surface area contributed by atoms with Crippen molar-refractivity contribution >= 4 is 5.78 Å². The van der Waals surface area contributed by atoms with Gasteiger partial charge in [-0.3, -0.25) is 9.69 Å². The molecule has 1 atom stereocenters. The van der Waals surface area contributed by atoms with E-state index in [0.717, 1.165) is 19.6 Å². The topological polar surface area (TPSA) is 32.3 Å². The van der Waals surface area contributed by atoms with Crippen molar-refractivity contribution in [1.29, 1.82) is 0 Å². The summed E-state index contributed by atoms with van der Waals surface area (Å²) in [6.07, 6.45) is 0. The Bertz CT molecular complexity index is 137. The smallest absolute Gasteiger partial charge is 0.148 e. The van der Waals surface area contributed by atoms with Crippen LogP contribution in [0.2, 0.25) is 0 Å². The quantitative estimate of drug-likeness (QED) is 0.700. The van der Waals surface area contributed by atoms with Crippen molar-refractivity contribution in [3.8, 4) is 0 Å². The lowest BCUT2D eigenvalue weighted by atomic mass is 10.1. The van der Waals surface area contributed by atoms with Crippen LogP contribution in [-0.4, -0.2) is 43.4 Å². The molecule has 1 heterocycles. The van der Waals surface area contributed by atoms with Gasteiger partial charge in [0.1, 0.15) is 5.78 Å². The van der Waals surface area contributed by atoms with Crippen LogP contribution in [0.1, 0.15) is 34.6 Å². The van der Waals surface area contributed by atoms with Gasteiger partial charge in [0.2, 0.25) is 0 Å². The number of nitrogens with zero attached hydrogens (tertiary/aromatic N) is 1. The summed E-state index contributed by atoms with van der Waals surface area (Å²) in [5.74, 6) is 0.259. The third-order valence-electron chi connectivity index (χ3n) is 1.98. The van der Waals surface area contributed by atoms with Crippen molar-refractivity contribution in [3.63, 3.8) is 0 Å². The highest BCUT2D eigenvalue weighted by Gasteiger charge is 2.21. The summed E-state index contributed by atoms with van der Waals surface area (Å²) in [7, 11) is 1.99. The summed E-state index contributed by atoms with van der Waals surface area (Å²) in [5.41, 5.74) is 0. The van der Waals surface area contributed by atoms with Gasteiger partial charge in [-0.2, -0.15) is 0 Å². The maximum absolute atomic E-state index is 10.9. The Balaban J connectivity index is 0. The highest BCUT2D eigenvalue weighted by atomic mass is 16.1. The van der Waals surface area contributed by atoms with Gasteiger partial charge in [0, 0.05) is 19.6 Å². The second-order valence-corrected chi connectivity index (χ2v) is 2.81. The summed E-state index contributed by atoms with van der Waals surface area (Å²) in [5, 5.41) is 3.18. The lowest BCUT2D eigenvalue weighted by Crippen LogP contribution is -2.52. The SMILES string of the molecule is CC.CC.CC(=O)C1CNCCN1C. The van der Waals surface area contributed by atoms with Crippen molar-refractivity contribution in [2.75, 3.05) is 26.7 Å². The fourth-order valence-electron chi connectivity index (χ4n) is 1.26. The van der Waals surface area contributed by atoms with Crippen LogP contribution >= 0.6 is 0 Å². The molecule has 0 amide bonds. The predicted molar refractivity (Wildman–Crippen MR) is 62.7 cm³/mol.